The first-order chi connectivity index (χ1) is 18.0. The molecule has 0 spiro atoms. The molecule has 1 saturated heterocycles. The van der Waals surface area contributed by atoms with Gasteiger partial charge in [0.25, 0.3) is 0 Å². The maximum atomic E-state index is 11.6. The summed E-state index contributed by atoms with van der Waals surface area (Å²) in [6, 6.07) is 16.9. The number of carbonyl (C=O) groups is 1. The zero-order chi connectivity index (χ0) is 26.0. The average Bonchev–Trinajstić information content (AvgIpc) is 3.40. The van der Waals surface area contributed by atoms with Crippen molar-refractivity contribution in [3.63, 3.8) is 0 Å². The van der Waals surface area contributed by atoms with Gasteiger partial charge in [-0.1, -0.05) is 36.6 Å². The van der Waals surface area contributed by atoms with Crippen molar-refractivity contribution in [2.24, 2.45) is 0 Å². The van der Waals surface area contributed by atoms with Gasteiger partial charge in [-0.25, -0.2) is 4.79 Å². The molecule has 2 atom stereocenters. The number of hydrogen-bond donors (Lipinski definition) is 0. The first kappa shape index (κ1) is 26.9. The third-order valence-corrected chi connectivity index (χ3v) is 6.63. The summed E-state index contributed by atoms with van der Waals surface area (Å²) in [5.74, 6) is 1.18. The zero-order valence-corrected chi connectivity index (χ0v) is 22.2. The molecule has 3 aromatic rings. The second kappa shape index (κ2) is 13.4. The van der Waals surface area contributed by atoms with Crippen LogP contribution < -0.4 is 4.74 Å². The number of methoxy groups -OCH3 is 1. The summed E-state index contributed by atoms with van der Waals surface area (Å²) in [5, 5.41) is 4.17. The summed E-state index contributed by atoms with van der Waals surface area (Å²) < 4.78 is 22.0. The number of hydrogen-bond acceptors (Lipinski definition) is 7. The molecule has 0 N–H and O–H groups in total. The van der Waals surface area contributed by atoms with E-state index in [1.807, 2.05) is 42.5 Å². The number of unbranched alkanes of at least 4 members (excludes halogenated alkanes) is 4. The van der Waals surface area contributed by atoms with Crippen molar-refractivity contribution in [1.82, 2.24) is 10.1 Å². The van der Waals surface area contributed by atoms with Gasteiger partial charge >= 0.3 is 5.97 Å². The lowest BCUT2D eigenvalue weighted by Gasteiger charge is -2.35. The lowest BCUT2D eigenvalue weighted by Crippen LogP contribution is -2.45. The lowest BCUT2D eigenvalue weighted by molar-refractivity contribution is -0.0681. The Hall–Kier alpha value is -3.16. The number of morpholine rings is 1. The minimum atomic E-state index is -0.362. The number of carbonyl (C=O) groups excluding carboxylic acids is 1. The van der Waals surface area contributed by atoms with Crippen LogP contribution in [0.4, 0.5) is 0 Å². The van der Waals surface area contributed by atoms with Crippen LogP contribution in [0.25, 0.3) is 22.6 Å². The van der Waals surface area contributed by atoms with Gasteiger partial charge in [-0.05, 0) is 69.6 Å². The van der Waals surface area contributed by atoms with E-state index in [9.17, 15) is 4.79 Å². The van der Waals surface area contributed by atoms with E-state index in [1.54, 1.807) is 12.1 Å². The van der Waals surface area contributed by atoms with E-state index in [2.05, 4.69) is 23.9 Å². The summed E-state index contributed by atoms with van der Waals surface area (Å²) >= 11 is 0. The van der Waals surface area contributed by atoms with Crippen molar-refractivity contribution in [3.8, 4) is 28.3 Å². The Morgan fingerprint density at radius 3 is 2.27 bits per heavy atom. The molecule has 0 radical (unpaired) electrons. The lowest BCUT2D eigenvalue weighted by atomic mass is 10.1. The fraction of sp³-hybridized carbons (Fsp3) is 0.467. The summed E-state index contributed by atoms with van der Waals surface area (Å²) in [6.45, 7) is 8.34. The van der Waals surface area contributed by atoms with Crippen LogP contribution in [0.1, 0.15) is 56.3 Å². The molecule has 2 unspecified atom stereocenters. The molecule has 7 nitrogen and oxygen atoms in total. The highest BCUT2D eigenvalue weighted by atomic mass is 16.5. The normalized spacial score (nSPS) is 18.0. The Kier molecular flexibility index (Phi) is 9.74. The number of ether oxygens (including phenoxy) is 3. The fourth-order valence-corrected chi connectivity index (χ4v) is 4.78. The molecule has 4 rings (SSSR count). The second-order valence-corrected chi connectivity index (χ2v) is 9.80. The van der Waals surface area contributed by atoms with E-state index in [0.717, 1.165) is 43.0 Å². The zero-order valence-electron chi connectivity index (χ0n) is 22.2. The Balaban J connectivity index is 1.14. The van der Waals surface area contributed by atoms with Crippen LogP contribution in [0.5, 0.6) is 5.75 Å². The van der Waals surface area contributed by atoms with Crippen LogP contribution in [-0.4, -0.2) is 61.6 Å². The molecular formula is C30H38N2O5. The van der Waals surface area contributed by atoms with E-state index in [-0.39, 0.29) is 5.97 Å². The SMILES string of the molecule is COC(=O)c1ccc(-c2cc(-c3ccc(OCCCCCCCN4CC(C)OC(C)C4)cc3)on2)cc1. The smallest absolute Gasteiger partial charge is 0.337 e. The summed E-state index contributed by atoms with van der Waals surface area (Å²) in [4.78, 5) is 14.1. The van der Waals surface area contributed by atoms with Crippen molar-refractivity contribution in [2.45, 2.75) is 58.2 Å². The highest BCUT2D eigenvalue weighted by molar-refractivity contribution is 5.89. The molecule has 0 bridgehead atoms. The van der Waals surface area contributed by atoms with E-state index in [0.29, 0.717) is 29.2 Å². The molecule has 1 aliphatic rings. The number of nitrogens with zero attached hydrogens (tertiary/aromatic N) is 2. The predicted molar refractivity (Wildman–Crippen MR) is 144 cm³/mol. The van der Waals surface area contributed by atoms with Crippen LogP contribution >= 0.6 is 0 Å². The second-order valence-electron chi connectivity index (χ2n) is 9.80. The van der Waals surface area contributed by atoms with Gasteiger partial charge < -0.3 is 18.7 Å². The van der Waals surface area contributed by atoms with Gasteiger partial charge in [0, 0.05) is 30.3 Å². The molecule has 1 aromatic heterocycles. The van der Waals surface area contributed by atoms with E-state index in [4.69, 9.17) is 18.7 Å². The number of aromatic nitrogens is 1. The molecular weight excluding hydrogens is 468 g/mol. The molecule has 2 aromatic carbocycles. The van der Waals surface area contributed by atoms with Crippen molar-refractivity contribution >= 4 is 5.97 Å². The summed E-state index contributed by atoms with van der Waals surface area (Å²) in [5.41, 5.74) is 3.01. The van der Waals surface area contributed by atoms with E-state index in [1.165, 1.54) is 39.3 Å². The molecule has 7 heteroatoms. The predicted octanol–water partition coefficient (Wildman–Crippen LogP) is 6.23. The largest absolute Gasteiger partial charge is 0.494 e. The standard InChI is InChI=1S/C30H38N2O5/c1-22-20-32(21-23(2)36-22)17-7-5-4-6-8-18-35-27-15-13-25(14-16-27)29-19-28(31-37-29)24-9-11-26(12-10-24)30(33)34-3/h9-16,19,22-23H,4-8,17-18,20-21H2,1-3H3. The highest BCUT2D eigenvalue weighted by Crippen LogP contribution is 2.28. The summed E-state index contributed by atoms with van der Waals surface area (Å²) in [6.07, 6.45) is 6.72. The topological polar surface area (TPSA) is 74.0 Å². The number of esters is 1. The quantitative estimate of drug-likeness (QED) is 0.213. The maximum absolute atomic E-state index is 11.6. The molecule has 0 saturated carbocycles. The van der Waals surface area contributed by atoms with Gasteiger partial charge in [0.1, 0.15) is 11.4 Å². The Morgan fingerprint density at radius 2 is 1.57 bits per heavy atom. The first-order valence-electron chi connectivity index (χ1n) is 13.3. The Labute approximate surface area is 219 Å². The van der Waals surface area contributed by atoms with Crippen molar-refractivity contribution in [1.29, 1.82) is 0 Å². The molecule has 1 fully saturated rings. The Morgan fingerprint density at radius 1 is 0.919 bits per heavy atom. The molecule has 2 heterocycles. The van der Waals surface area contributed by atoms with Gasteiger partial charge in [0.2, 0.25) is 0 Å². The van der Waals surface area contributed by atoms with Crippen LogP contribution in [0, 0.1) is 0 Å². The number of rotatable bonds is 12. The van der Waals surface area contributed by atoms with E-state index >= 15 is 0 Å². The first-order valence-corrected chi connectivity index (χ1v) is 13.3. The minimum absolute atomic E-state index is 0.349. The van der Waals surface area contributed by atoms with Crippen molar-refractivity contribution < 1.29 is 23.5 Å². The van der Waals surface area contributed by atoms with E-state index < -0.39 is 0 Å². The van der Waals surface area contributed by atoms with Crippen LogP contribution in [-0.2, 0) is 9.47 Å². The monoisotopic (exact) mass is 506 g/mol. The molecule has 0 aliphatic carbocycles. The third kappa shape index (κ3) is 7.91. The number of benzene rings is 2. The van der Waals surface area contributed by atoms with Crippen LogP contribution in [0.15, 0.2) is 59.1 Å². The van der Waals surface area contributed by atoms with Gasteiger partial charge in [-0.3, -0.25) is 4.90 Å². The highest BCUT2D eigenvalue weighted by Gasteiger charge is 2.21. The summed E-state index contributed by atoms with van der Waals surface area (Å²) in [7, 11) is 1.37. The fourth-order valence-electron chi connectivity index (χ4n) is 4.78. The average molecular weight is 507 g/mol. The van der Waals surface area contributed by atoms with Gasteiger partial charge in [-0.2, -0.15) is 0 Å². The van der Waals surface area contributed by atoms with Crippen LogP contribution in [0.2, 0.25) is 0 Å². The van der Waals surface area contributed by atoms with Crippen LogP contribution in [0.3, 0.4) is 0 Å². The maximum Gasteiger partial charge on any atom is 0.337 e. The minimum Gasteiger partial charge on any atom is -0.494 e. The molecule has 0 amide bonds. The Bertz CT molecular complexity index is 1100. The van der Waals surface area contributed by atoms with Crippen molar-refractivity contribution in [2.75, 3.05) is 33.4 Å². The van der Waals surface area contributed by atoms with Gasteiger partial charge in [0.05, 0.1) is 31.5 Å². The molecule has 198 valence electrons. The van der Waals surface area contributed by atoms with Gasteiger partial charge in [-0.15, -0.1) is 0 Å². The third-order valence-electron chi connectivity index (χ3n) is 6.63. The molecule has 37 heavy (non-hydrogen) atoms. The van der Waals surface area contributed by atoms with Crippen molar-refractivity contribution in [3.05, 3.63) is 60.2 Å². The van der Waals surface area contributed by atoms with Gasteiger partial charge in [0.15, 0.2) is 5.76 Å². The molecule has 1 aliphatic heterocycles.